The molecule has 3 heterocycles. The molecule has 166 valence electrons. The van der Waals surface area contributed by atoms with Crippen molar-refractivity contribution in [3.63, 3.8) is 0 Å². The van der Waals surface area contributed by atoms with Gasteiger partial charge in [-0.1, -0.05) is 20.8 Å². The van der Waals surface area contributed by atoms with Gasteiger partial charge in [0.15, 0.2) is 0 Å². The fraction of sp³-hybridized carbons (Fsp3) is 0.538. The Bertz CT molecular complexity index is 1090. The average Bonchev–Trinajstić information content (AvgIpc) is 3.56. The Morgan fingerprint density at radius 2 is 1.94 bits per heavy atom. The van der Waals surface area contributed by atoms with Gasteiger partial charge in [-0.25, -0.2) is 4.98 Å². The number of aromatic nitrogens is 3. The molecular weight excluding hydrogens is 384 g/mol. The van der Waals surface area contributed by atoms with Crippen LogP contribution in [-0.4, -0.2) is 28.3 Å². The van der Waals surface area contributed by atoms with E-state index in [1.54, 1.807) is 7.11 Å². The second-order valence-electron chi connectivity index (χ2n) is 9.33. The molecule has 0 spiro atoms. The van der Waals surface area contributed by atoms with Crippen LogP contribution in [-0.2, 0) is 17.7 Å². The minimum Gasteiger partial charge on any atom is -0.383 e. The highest BCUT2D eigenvalue weighted by atomic mass is 16.5. The lowest BCUT2D eigenvalue weighted by Gasteiger charge is -2.19. The van der Waals surface area contributed by atoms with Crippen LogP contribution in [0.25, 0.3) is 22.3 Å². The summed E-state index contributed by atoms with van der Waals surface area (Å²) >= 11 is 0. The summed E-state index contributed by atoms with van der Waals surface area (Å²) in [6, 6.07) is 4.92. The van der Waals surface area contributed by atoms with Gasteiger partial charge in [-0.2, -0.15) is 0 Å². The van der Waals surface area contributed by atoms with Gasteiger partial charge in [-0.05, 0) is 73.8 Å². The highest BCUT2D eigenvalue weighted by Gasteiger charge is 2.29. The molecule has 1 unspecified atom stereocenters. The van der Waals surface area contributed by atoms with Crippen LogP contribution in [0.3, 0.4) is 0 Å². The van der Waals surface area contributed by atoms with Crippen molar-refractivity contribution < 1.29 is 4.74 Å². The highest BCUT2D eigenvalue weighted by molar-refractivity contribution is 5.85. The Hall–Kier alpha value is -2.24. The van der Waals surface area contributed by atoms with Gasteiger partial charge < -0.3 is 15.0 Å². The second kappa shape index (κ2) is 8.71. The van der Waals surface area contributed by atoms with Gasteiger partial charge in [0, 0.05) is 31.1 Å². The zero-order valence-electron chi connectivity index (χ0n) is 19.8. The lowest BCUT2D eigenvalue weighted by atomic mass is 9.94. The molecule has 1 aliphatic carbocycles. The van der Waals surface area contributed by atoms with Crippen molar-refractivity contribution in [1.29, 1.82) is 0 Å². The van der Waals surface area contributed by atoms with Crippen molar-refractivity contribution in [3.05, 3.63) is 46.4 Å². The average molecular weight is 421 g/mol. The number of nitrogens with two attached hydrogens (primary N) is 1. The maximum Gasteiger partial charge on any atom is 0.0917 e. The molecule has 3 aromatic heterocycles. The minimum atomic E-state index is 0.256. The minimum absolute atomic E-state index is 0.256. The first kappa shape index (κ1) is 22.0. The number of hydrogen-bond acceptors (Lipinski definition) is 4. The van der Waals surface area contributed by atoms with Gasteiger partial charge in [0.1, 0.15) is 0 Å². The molecule has 3 aromatic rings. The van der Waals surface area contributed by atoms with Gasteiger partial charge in [0.05, 0.1) is 35.1 Å². The molecule has 1 saturated carbocycles. The maximum absolute atomic E-state index is 6.20. The van der Waals surface area contributed by atoms with Crippen LogP contribution < -0.4 is 5.73 Å². The summed E-state index contributed by atoms with van der Waals surface area (Å²) in [6.07, 6.45) is 5.63. The third-order valence-corrected chi connectivity index (χ3v) is 6.50. The number of hydrogen-bond donors (Lipinski definition) is 1. The molecule has 0 saturated heterocycles. The molecule has 0 radical (unpaired) electrons. The number of rotatable bonds is 8. The van der Waals surface area contributed by atoms with Crippen LogP contribution >= 0.6 is 0 Å². The number of aryl methyl sites for hydroxylation is 2. The van der Waals surface area contributed by atoms with Gasteiger partial charge in [0.25, 0.3) is 0 Å². The summed E-state index contributed by atoms with van der Waals surface area (Å²) < 4.78 is 7.70. The number of ether oxygens (including phenoxy) is 1. The summed E-state index contributed by atoms with van der Waals surface area (Å²) in [5.41, 5.74) is 16.6. The van der Waals surface area contributed by atoms with E-state index >= 15 is 0 Å². The summed E-state index contributed by atoms with van der Waals surface area (Å²) in [5.74, 6) is 1.04. The lowest BCUT2D eigenvalue weighted by molar-refractivity contribution is 0.164. The molecule has 0 bridgehead atoms. The Kier molecular flexibility index (Phi) is 6.18. The van der Waals surface area contributed by atoms with Crippen LogP contribution in [0, 0.1) is 6.92 Å². The Balaban J connectivity index is 1.93. The Labute approximate surface area is 186 Å². The SMILES string of the molecule is CCc1cc2c(nc1-c1cc(C3CC3)c(C(C)C)nc1CN)c(C)cn2C(C)COC. The first-order valence-electron chi connectivity index (χ1n) is 11.6. The van der Waals surface area contributed by atoms with Crippen LogP contribution in [0.5, 0.6) is 0 Å². The summed E-state index contributed by atoms with van der Waals surface area (Å²) in [7, 11) is 1.75. The van der Waals surface area contributed by atoms with E-state index in [0.717, 1.165) is 28.9 Å². The fourth-order valence-corrected chi connectivity index (χ4v) is 4.69. The van der Waals surface area contributed by atoms with Crippen molar-refractivity contribution >= 4 is 11.0 Å². The van der Waals surface area contributed by atoms with Crippen molar-refractivity contribution in [3.8, 4) is 11.3 Å². The molecule has 31 heavy (non-hydrogen) atoms. The Morgan fingerprint density at radius 1 is 1.19 bits per heavy atom. The molecule has 1 fully saturated rings. The second-order valence-corrected chi connectivity index (χ2v) is 9.33. The molecule has 5 nitrogen and oxygen atoms in total. The monoisotopic (exact) mass is 420 g/mol. The summed E-state index contributed by atoms with van der Waals surface area (Å²) in [6.45, 7) is 12.1. The highest BCUT2D eigenvalue weighted by Crippen LogP contribution is 2.45. The first-order valence-corrected chi connectivity index (χ1v) is 11.6. The van der Waals surface area contributed by atoms with E-state index in [-0.39, 0.29) is 6.04 Å². The number of nitrogens with zero attached hydrogens (tertiary/aromatic N) is 3. The molecule has 1 aliphatic rings. The van der Waals surface area contributed by atoms with Crippen molar-refractivity contribution in [2.75, 3.05) is 13.7 Å². The van der Waals surface area contributed by atoms with E-state index in [1.165, 1.54) is 40.7 Å². The van der Waals surface area contributed by atoms with E-state index in [9.17, 15) is 0 Å². The van der Waals surface area contributed by atoms with Crippen LogP contribution in [0.15, 0.2) is 18.3 Å². The fourth-order valence-electron chi connectivity index (χ4n) is 4.69. The van der Waals surface area contributed by atoms with Crippen LogP contribution in [0.1, 0.15) is 86.5 Å². The van der Waals surface area contributed by atoms with E-state index < -0.39 is 0 Å². The normalized spacial score (nSPS) is 15.2. The van der Waals surface area contributed by atoms with Crippen molar-refractivity contribution in [2.45, 2.75) is 78.3 Å². The van der Waals surface area contributed by atoms with E-state index in [2.05, 4.69) is 57.5 Å². The van der Waals surface area contributed by atoms with Crippen LogP contribution in [0.2, 0.25) is 0 Å². The molecule has 0 amide bonds. The maximum atomic E-state index is 6.20. The standard InChI is InChI=1S/C26H36N4O/c1-7-18-10-23-25(16(4)13-30(23)17(5)14-31-6)29-26(18)21-11-20(19-8-9-19)24(15(2)3)28-22(21)12-27/h10-11,13,15,17,19H,7-9,12,14,27H2,1-6H3. The van der Waals surface area contributed by atoms with Gasteiger partial charge in [-0.15, -0.1) is 0 Å². The van der Waals surface area contributed by atoms with E-state index in [4.69, 9.17) is 20.4 Å². The van der Waals surface area contributed by atoms with E-state index in [0.29, 0.717) is 25.0 Å². The van der Waals surface area contributed by atoms with Gasteiger partial charge in [-0.3, -0.25) is 4.98 Å². The number of methoxy groups -OCH3 is 1. The molecular formula is C26H36N4O. The van der Waals surface area contributed by atoms with Gasteiger partial charge in [0.2, 0.25) is 0 Å². The molecule has 0 aliphatic heterocycles. The zero-order chi connectivity index (χ0) is 22.3. The summed E-state index contributed by atoms with van der Waals surface area (Å²) in [4.78, 5) is 10.3. The van der Waals surface area contributed by atoms with Gasteiger partial charge >= 0.3 is 0 Å². The Morgan fingerprint density at radius 3 is 2.52 bits per heavy atom. The summed E-state index contributed by atoms with van der Waals surface area (Å²) in [5, 5.41) is 0. The molecule has 2 N–H and O–H groups in total. The number of pyridine rings is 2. The van der Waals surface area contributed by atoms with Crippen molar-refractivity contribution in [1.82, 2.24) is 14.5 Å². The first-order chi connectivity index (χ1) is 14.9. The van der Waals surface area contributed by atoms with E-state index in [1.807, 2.05) is 0 Å². The smallest absolute Gasteiger partial charge is 0.0917 e. The third kappa shape index (κ3) is 4.01. The molecule has 5 heteroatoms. The van der Waals surface area contributed by atoms with Crippen LogP contribution in [0.4, 0.5) is 0 Å². The van der Waals surface area contributed by atoms with Crippen molar-refractivity contribution in [2.24, 2.45) is 5.73 Å². The predicted molar refractivity (Wildman–Crippen MR) is 128 cm³/mol. The lowest BCUT2D eigenvalue weighted by Crippen LogP contribution is -2.11. The largest absolute Gasteiger partial charge is 0.383 e. The predicted octanol–water partition coefficient (Wildman–Crippen LogP) is 5.64. The molecule has 0 aromatic carbocycles. The topological polar surface area (TPSA) is 66.0 Å². The quantitative estimate of drug-likeness (QED) is 0.512. The number of fused-ring (bicyclic) bond motifs is 1. The molecule has 1 atom stereocenters. The zero-order valence-corrected chi connectivity index (χ0v) is 19.8. The molecule has 4 rings (SSSR count). The third-order valence-electron chi connectivity index (χ3n) is 6.50.